The van der Waals surface area contributed by atoms with Crippen molar-refractivity contribution in [3.63, 3.8) is 0 Å². The second-order valence-corrected chi connectivity index (χ2v) is 6.08. The summed E-state index contributed by atoms with van der Waals surface area (Å²) in [5.74, 6) is 0.291. The number of unbranched alkanes of at least 4 members (excludes halogenated alkanes) is 5. The highest BCUT2D eigenvalue weighted by Crippen LogP contribution is 2.15. The fourth-order valence-corrected chi connectivity index (χ4v) is 2.79. The number of phenols is 1. The number of rotatable bonds is 10. The van der Waals surface area contributed by atoms with Gasteiger partial charge in [-0.1, -0.05) is 68.1 Å². The lowest BCUT2D eigenvalue weighted by Crippen LogP contribution is -1.98. The topological polar surface area (TPSA) is 37.3 Å². The summed E-state index contributed by atoms with van der Waals surface area (Å²) in [7, 11) is 0. The summed E-state index contributed by atoms with van der Waals surface area (Å²) >= 11 is 0. The smallest absolute Gasteiger partial charge is 0.163 e. The largest absolute Gasteiger partial charge is 0.508 e. The number of aryl methyl sites for hydroxylation is 1. The van der Waals surface area contributed by atoms with Crippen molar-refractivity contribution in [3.8, 4) is 5.75 Å². The molecule has 0 heterocycles. The molecule has 2 aromatic rings. The van der Waals surface area contributed by atoms with Gasteiger partial charge in [0.15, 0.2) is 5.78 Å². The van der Waals surface area contributed by atoms with E-state index in [1.54, 1.807) is 24.3 Å². The zero-order chi connectivity index (χ0) is 16.3. The monoisotopic (exact) mass is 310 g/mol. The highest BCUT2D eigenvalue weighted by atomic mass is 16.3. The molecule has 0 aromatic heterocycles. The number of hydrogen-bond acceptors (Lipinski definition) is 2. The first-order chi connectivity index (χ1) is 11.3. The number of aromatic hydroxyl groups is 1. The van der Waals surface area contributed by atoms with Crippen LogP contribution < -0.4 is 0 Å². The maximum atomic E-state index is 12.0. The lowest BCUT2D eigenvalue weighted by Gasteiger charge is -2.03. The summed E-state index contributed by atoms with van der Waals surface area (Å²) in [6.45, 7) is 0. The fourth-order valence-electron chi connectivity index (χ4n) is 2.79. The van der Waals surface area contributed by atoms with Gasteiger partial charge in [0.1, 0.15) is 5.75 Å². The molecule has 0 bridgehead atoms. The Balaban J connectivity index is 1.50. The molecule has 2 rings (SSSR count). The molecule has 0 atom stereocenters. The number of ketones is 1. The molecular formula is C21H26O2. The Bertz CT molecular complexity index is 590. The molecule has 0 radical (unpaired) electrons. The van der Waals surface area contributed by atoms with Gasteiger partial charge in [0.2, 0.25) is 0 Å². The van der Waals surface area contributed by atoms with Gasteiger partial charge in [0, 0.05) is 12.0 Å². The van der Waals surface area contributed by atoms with Crippen molar-refractivity contribution in [2.75, 3.05) is 0 Å². The van der Waals surface area contributed by atoms with Crippen LogP contribution in [0.3, 0.4) is 0 Å². The second kappa shape index (κ2) is 9.83. The molecule has 2 heteroatoms. The normalized spacial score (nSPS) is 10.6. The van der Waals surface area contributed by atoms with Gasteiger partial charge >= 0.3 is 0 Å². The molecule has 0 aliphatic rings. The van der Waals surface area contributed by atoms with E-state index in [0.717, 1.165) is 19.3 Å². The average Bonchev–Trinajstić information content (AvgIpc) is 2.58. The third-order valence-electron chi connectivity index (χ3n) is 4.13. The van der Waals surface area contributed by atoms with E-state index in [0.29, 0.717) is 12.0 Å². The zero-order valence-corrected chi connectivity index (χ0v) is 13.7. The quantitative estimate of drug-likeness (QED) is 0.461. The van der Waals surface area contributed by atoms with Crippen LogP contribution in [-0.4, -0.2) is 10.9 Å². The van der Waals surface area contributed by atoms with Gasteiger partial charge in [-0.05, 0) is 37.0 Å². The van der Waals surface area contributed by atoms with E-state index < -0.39 is 0 Å². The molecule has 2 aromatic carbocycles. The Morgan fingerprint density at radius 2 is 1.48 bits per heavy atom. The van der Waals surface area contributed by atoms with E-state index in [9.17, 15) is 9.90 Å². The van der Waals surface area contributed by atoms with Crippen LogP contribution in [0.1, 0.15) is 60.9 Å². The minimum absolute atomic E-state index is 0.130. The first kappa shape index (κ1) is 17.3. The molecule has 122 valence electrons. The van der Waals surface area contributed by atoms with Crippen LogP contribution in [0.15, 0.2) is 54.6 Å². The van der Waals surface area contributed by atoms with Crippen molar-refractivity contribution >= 4 is 5.78 Å². The first-order valence-electron chi connectivity index (χ1n) is 8.62. The molecule has 0 unspecified atom stereocenters. The van der Waals surface area contributed by atoms with Gasteiger partial charge in [0.25, 0.3) is 0 Å². The maximum absolute atomic E-state index is 12.0. The van der Waals surface area contributed by atoms with Gasteiger partial charge in [-0.2, -0.15) is 0 Å². The van der Waals surface area contributed by atoms with Crippen LogP contribution in [0.5, 0.6) is 5.75 Å². The summed E-state index contributed by atoms with van der Waals surface area (Å²) in [5, 5.41) is 9.38. The van der Waals surface area contributed by atoms with Crippen LogP contribution in [0.2, 0.25) is 0 Å². The SMILES string of the molecule is O=C(CCCCCCCCc1ccccc1)c1cccc(O)c1. The van der Waals surface area contributed by atoms with Crippen molar-refractivity contribution in [2.24, 2.45) is 0 Å². The third kappa shape index (κ3) is 6.68. The van der Waals surface area contributed by atoms with E-state index in [4.69, 9.17) is 0 Å². The third-order valence-corrected chi connectivity index (χ3v) is 4.13. The van der Waals surface area contributed by atoms with Crippen LogP contribution in [-0.2, 0) is 6.42 Å². The van der Waals surface area contributed by atoms with Crippen LogP contribution >= 0.6 is 0 Å². The maximum Gasteiger partial charge on any atom is 0.163 e. The van der Waals surface area contributed by atoms with Gasteiger partial charge in [0.05, 0.1) is 0 Å². The minimum atomic E-state index is 0.130. The zero-order valence-electron chi connectivity index (χ0n) is 13.7. The van der Waals surface area contributed by atoms with Crippen LogP contribution in [0, 0.1) is 0 Å². The summed E-state index contributed by atoms with van der Waals surface area (Å²) in [5.41, 5.74) is 2.04. The average molecular weight is 310 g/mol. The first-order valence-corrected chi connectivity index (χ1v) is 8.62. The lowest BCUT2D eigenvalue weighted by atomic mass is 10.0. The predicted octanol–water partition coefficient (Wildman–Crippen LogP) is 5.55. The molecule has 1 N–H and O–H groups in total. The Morgan fingerprint density at radius 1 is 0.783 bits per heavy atom. The lowest BCUT2D eigenvalue weighted by molar-refractivity contribution is 0.0978. The van der Waals surface area contributed by atoms with E-state index in [1.807, 2.05) is 0 Å². The number of carbonyl (C=O) groups excluding carboxylic acids is 1. The molecule has 0 spiro atoms. The van der Waals surface area contributed by atoms with Gasteiger partial charge in [-0.3, -0.25) is 4.79 Å². The summed E-state index contributed by atoms with van der Waals surface area (Å²) in [6, 6.07) is 17.2. The molecular weight excluding hydrogens is 284 g/mol. The van der Waals surface area contributed by atoms with Crippen molar-refractivity contribution in [3.05, 3.63) is 65.7 Å². The van der Waals surface area contributed by atoms with Crippen molar-refractivity contribution < 1.29 is 9.90 Å². The predicted molar refractivity (Wildman–Crippen MR) is 94.9 cm³/mol. The number of carbonyl (C=O) groups is 1. The Morgan fingerprint density at radius 3 is 2.22 bits per heavy atom. The van der Waals surface area contributed by atoms with E-state index in [2.05, 4.69) is 30.3 Å². The highest BCUT2D eigenvalue weighted by Gasteiger charge is 2.05. The molecule has 2 nitrogen and oxygen atoms in total. The number of benzene rings is 2. The number of hydrogen-bond donors (Lipinski definition) is 1. The number of Topliss-reactive ketones (excluding diaryl/α,β-unsaturated/α-hetero) is 1. The molecule has 0 saturated heterocycles. The van der Waals surface area contributed by atoms with Crippen LogP contribution in [0.4, 0.5) is 0 Å². The number of phenolic OH excluding ortho intramolecular Hbond substituents is 1. The standard InChI is InChI=1S/C21H26O2/c22-20-15-10-14-19(17-20)21(23)16-9-4-2-1-3-6-11-18-12-7-5-8-13-18/h5,7-8,10,12-15,17,22H,1-4,6,9,11,16H2. The van der Waals surface area contributed by atoms with Crippen molar-refractivity contribution in [1.29, 1.82) is 0 Å². The second-order valence-electron chi connectivity index (χ2n) is 6.08. The fraction of sp³-hybridized carbons (Fsp3) is 0.381. The Labute approximate surface area is 139 Å². The van der Waals surface area contributed by atoms with Gasteiger partial charge in [-0.25, -0.2) is 0 Å². The molecule has 0 amide bonds. The highest BCUT2D eigenvalue weighted by molar-refractivity contribution is 5.96. The molecule has 0 fully saturated rings. The van der Waals surface area contributed by atoms with Gasteiger partial charge in [-0.15, -0.1) is 0 Å². The van der Waals surface area contributed by atoms with E-state index in [1.165, 1.54) is 31.2 Å². The van der Waals surface area contributed by atoms with Crippen LogP contribution in [0.25, 0.3) is 0 Å². The van der Waals surface area contributed by atoms with Crippen molar-refractivity contribution in [1.82, 2.24) is 0 Å². The molecule has 0 aliphatic carbocycles. The summed E-state index contributed by atoms with van der Waals surface area (Å²) < 4.78 is 0. The van der Waals surface area contributed by atoms with Crippen molar-refractivity contribution in [2.45, 2.75) is 51.4 Å². The van der Waals surface area contributed by atoms with Gasteiger partial charge < -0.3 is 5.11 Å². The summed E-state index contributed by atoms with van der Waals surface area (Å²) in [6.07, 6.45) is 8.73. The van der Waals surface area contributed by atoms with E-state index in [-0.39, 0.29) is 11.5 Å². The summed E-state index contributed by atoms with van der Waals surface area (Å²) in [4.78, 5) is 12.0. The molecule has 0 saturated carbocycles. The molecule has 23 heavy (non-hydrogen) atoms. The Hall–Kier alpha value is -2.09. The molecule has 0 aliphatic heterocycles. The Kier molecular flexibility index (Phi) is 7.38. The minimum Gasteiger partial charge on any atom is -0.508 e. The van der Waals surface area contributed by atoms with E-state index >= 15 is 0 Å².